The summed E-state index contributed by atoms with van der Waals surface area (Å²) in [6.45, 7) is 3.89. The zero-order chi connectivity index (χ0) is 13.0. The van der Waals surface area contributed by atoms with Crippen molar-refractivity contribution in [1.82, 2.24) is 14.9 Å². The number of hydrogen-bond acceptors (Lipinski definition) is 3. The molecule has 0 radical (unpaired) electrons. The molecule has 1 aromatic heterocycles. The van der Waals surface area contributed by atoms with Gasteiger partial charge in [0.15, 0.2) is 0 Å². The third-order valence-electron chi connectivity index (χ3n) is 3.58. The first-order valence-corrected chi connectivity index (χ1v) is 7.20. The Balaban J connectivity index is 1.87. The molecular formula is C14H22ClN3. The van der Waals surface area contributed by atoms with Gasteiger partial charge in [0.1, 0.15) is 11.0 Å². The molecule has 0 N–H and O–H groups in total. The number of aromatic nitrogens is 2. The lowest BCUT2D eigenvalue weighted by Gasteiger charge is -2.26. The highest BCUT2D eigenvalue weighted by Crippen LogP contribution is 2.24. The van der Waals surface area contributed by atoms with Gasteiger partial charge in [-0.25, -0.2) is 9.97 Å². The summed E-state index contributed by atoms with van der Waals surface area (Å²) < 4.78 is 0. The molecule has 0 bridgehead atoms. The molecule has 0 atom stereocenters. The van der Waals surface area contributed by atoms with Crippen LogP contribution in [0, 0.1) is 12.8 Å². The van der Waals surface area contributed by atoms with Crippen LogP contribution in [0.4, 0.5) is 0 Å². The van der Waals surface area contributed by atoms with Gasteiger partial charge in [0.05, 0.1) is 6.54 Å². The molecule has 3 nitrogen and oxygen atoms in total. The van der Waals surface area contributed by atoms with E-state index in [0.29, 0.717) is 5.15 Å². The van der Waals surface area contributed by atoms with Crippen LogP contribution in [-0.4, -0.2) is 28.5 Å². The molecule has 0 aliphatic heterocycles. The van der Waals surface area contributed by atoms with Crippen molar-refractivity contribution in [2.24, 2.45) is 5.92 Å². The van der Waals surface area contributed by atoms with E-state index in [9.17, 15) is 0 Å². The van der Waals surface area contributed by atoms with E-state index >= 15 is 0 Å². The van der Waals surface area contributed by atoms with Crippen LogP contribution in [0.3, 0.4) is 0 Å². The van der Waals surface area contributed by atoms with Gasteiger partial charge in [0.2, 0.25) is 0 Å². The molecule has 0 amide bonds. The second kappa shape index (κ2) is 6.48. The van der Waals surface area contributed by atoms with Crippen molar-refractivity contribution >= 4 is 11.6 Å². The van der Waals surface area contributed by atoms with Crippen molar-refractivity contribution in [1.29, 1.82) is 0 Å². The Kier molecular flexibility index (Phi) is 4.95. The largest absolute Gasteiger partial charge is 0.299 e. The summed E-state index contributed by atoms with van der Waals surface area (Å²) in [4.78, 5) is 11.0. The molecule has 18 heavy (non-hydrogen) atoms. The summed E-state index contributed by atoms with van der Waals surface area (Å²) in [6, 6.07) is 1.80. The molecule has 1 aliphatic rings. The van der Waals surface area contributed by atoms with Crippen molar-refractivity contribution in [3.63, 3.8) is 0 Å². The molecular weight excluding hydrogens is 246 g/mol. The minimum atomic E-state index is 0.545. The van der Waals surface area contributed by atoms with Crippen LogP contribution in [0.2, 0.25) is 5.15 Å². The van der Waals surface area contributed by atoms with E-state index in [0.717, 1.165) is 30.5 Å². The van der Waals surface area contributed by atoms with E-state index in [-0.39, 0.29) is 0 Å². The smallest absolute Gasteiger partial charge is 0.144 e. The van der Waals surface area contributed by atoms with Crippen molar-refractivity contribution in [2.45, 2.75) is 45.6 Å². The molecule has 1 aliphatic carbocycles. The quantitative estimate of drug-likeness (QED) is 0.783. The monoisotopic (exact) mass is 267 g/mol. The van der Waals surface area contributed by atoms with E-state index in [4.69, 9.17) is 11.6 Å². The number of rotatable bonds is 4. The zero-order valence-electron chi connectivity index (χ0n) is 11.3. The molecule has 2 rings (SSSR count). The molecule has 1 fully saturated rings. The summed E-state index contributed by atoms with van der Waals surface area (Å²) in [6.07, 6.45) is 6.95. The second-order valence-electron chi connectivity index (χ2n) is 5.45. The topological polar surface area (TPSA) is 29.0 Å². The summed E-state index contributed by atoms with van der Waals surface area (Å²) in [5.74, 6) is 1.68. The number of aryl methyl sites for hydroxylation is 1. The van der Waals surface area contributed by atoms with Gasteiger partial charge in [-0.3, -0.25) is 4.90 Å². The van der Waals surface area contributed by atoms with Gasteiger partial charge < -0.3 is 0 Å². The number of nitrogens with zero attached hydrogens (tertiary/aromatic N) is 3. The van der Waals surface area contributed by atoms with Crippen LogP contribution >= 0.6 is 11.6 Å². The molecule has 1 heterocycles. The highest BCUT2D eigenvalue weighted by molar-refractivity contribution is 6.29. The van der Waals surface area contributed by atoms with Gasteiger partial charge in [0, 0.05) is 12.2 Å². The summed E-state index contributed by atoms with van der Waals surface area (Å²) in [5, 5.41) is 0.545. The van der Waals surface area contributed by atoms with Crippen LogP contribution in [-0.2, 0) is 6.54 Å². The van der Waals surface area contributed by atoms with Gasteiger partial charge >= 0.3 is 0 Å². The number of halogens is 1. The Morgan fingerprint density at radius 3 is 2.67 bits per heavy atom. The fourth-order valence-electron chi connectivity index (χ4n) is 2.78. The molecule has 0 unspecified atom stereocenters. The zero-order valence-corrected chi connectivity index (χ0v) is 12.1. The lowest BCUT2D eigenvalue weighted by Crippen LogP contribution is -2.27. The average Bonchev–Trinajstić information content (AvgIpc) is 2.28. The predicted octanol–water partition coefficient (Wildman–Crippen LogP) is 3.45. The van der Waals surface area contributed by atoms with E-state index in [1.165, 1.54) is 32.1 Å². The minimum absolute atomic E-state index is 0.545. The van der Waals surface area contributed by atoms with Gasteiger partial charge in [-0.1, -0.05) is 30.9 Å². The van der Waals surface area contributed by atoms with Gasteiger partial charge in [-0.2, -0.15) is 0 Å². The summed E-state index contributed by atoms with van der Waals surface area (Å²) in [7, 11) is 2.15. The Bertz CT molecular complexity index is 368. The first kappa shape index (κ1) is 13.8. The van der Waals surface area contributed by atoms with Gasteiger partial charge in [-0.15, -0.1) is 0 Å². The third kappa shape index (κ3) is 4.21. The third-order valence-corrected chi connectivity index (χ3v) is 3.77. The molecule has 0 saturated heterocycles. The molecule has 4 heteroatoms. The lowest BCUT2D eigenvalue weighted by molar-refractivity contribution is 0.224. The molecule has 100 valence electrons. The lowest BCUT2D eigenvalue weighted by atomic mass is 9.89. The van der Waals surface area contributed by atoms with Crippen molar-refractivity contribution in [2.75, 3.05) is 13.6 Å². The summed E-state index contributed by atoms with van der Waals surface area (Å²) in [5.41, 5.74) is 0.941. The SMILES string of the molecule is Cc1cc(Cl)nc(CN(C)CC2CCCCC2)n1. The number of hydrogen-bond donors (Lipinski definition) is 0. The Hall–Kier alpha value is -0.670. The first-order valence-electron chi connectivity index (χ1n) is 6.82. The molecule has 0 spiro atoms. The molecule has 1 saturated carbocycles. The Labute approximate surface area is 115 Å². The van der Waals surface area contributed by atoms with E-state index < -0.39 is 0 Å². The van der Waals surface area contributed by atoms with E-state index in [1.54, 1.807) is 6.07 Å². The second-order valence-corrected chi connectivity index (χ2v) is 5.84. The first-order chi connectivity index (χ1) is 8.63. The fourth-order valence-corrected chi connectivity index (χ4v) is 3.03. The maximum atomic E-state index is 5.96. The van der Waals surface area contributed by atoms with Crippen LogP contribution in [0.1, 0.15) is 43.6 Å². The van der Waals surface area contributed by atoms with E-state index in [1.807, 2.05) is 6.92 Å². The van der Waals surface area contributed by atoms with Crippen LogP contribution in [0.15, 0.2) is 6.07 Å². The van der Waals surface area contributed by atoms with Crippen molar-refractivity contribution in [3.05, 3.63) is 22.7 Å². The minimum Gasteiger partial charge on any atom is -0.299 e. The van der Waals surface area contributed by atoms with Crippen LogP contribution in [0.25, 0.3) is 0 Å². The van der Waals surface area contributed by atoms with Crippen molar-refractivity contribution < 1.29 is 0 Å². The van der Waals surface area contributed by atoms with Crippen LogP contribution < -0.4 is 0 Å². The maximum Gasteiger partial charge on any atom is 0.144 e. The Morgan fingerprint density at radius 2 is 2.00 bits per heavy atom. The fraction of sp³-hybridized carbons (Fsp3) is 0.714. The standard InChI is InChI=1S/C14H22ClN3/c1-11-8-13(15)17-14(16-11)10-18(2)9-12-6-4-3-5-7-12/h8,12H,3-7,9-10H2,1-2H3. The van der Waals surface area contributed by atoms with Gasteiger partial charge in [-0.05, 0) is 38.8 Å². The maximum absolute atomic E-state index is 5.96. The normalized spacial score (nSPS) is 17.3. The van der Waals surface area contributed by atoms with E-state index in [2.05, 4.69) is 21.9 Å². The highest BCUT2D eigenvalue weighted by Gasteiger charge is 2.16. The summed E-state index contributed by atoms with van der Waals surface area (Å²) >= 11 is 5.96. The van der Waals surface area contributed by atoms with Crippen LogP contribution in [0.5, 0.6) is 0 Å². The molecule has 1 aromatic rings. The molecule has 0 aromatic carbocycles. The predicted molar refractivity (Wildman–Crippen MR) is 74.7 cm³/mol. The van der Waals surface area contributed by atoms with Crippen molar-refractivity contribution in [3.8, 4) is 0 Å². The highest BCUT2D eigenvalue weighted by atomic mass is 35.5. The van der Waals surface area contributed by atoms with Gasteiger partial charge in [0.25, 0.3) is 0 Å². The average molecular weight is 268 g/mol. The Morgan fingerprint density at radius 1 is 1.28 bits per heavy atom.